The van der Waals surface area contributed by atoms with Crippen molar-refractivity contribution in [2.45, 2.75) is 6.92 Å². The Morgan fingerprint density at radius 1 is 1.26 bits per heavy atom. The monoisotopic (exact) mass is 260 g/mol. The molecule has 19 heavy (non-hydrogen) atoms. The second-order valence-corrected chi connectivity index (χ2v) is 3.86. The Balaban J connectivity index is 2.23. The van der Waals surface area contributed by atoms with Crippen molar-refractivity contribution in [3.05, 3.63) is 56.2 Å². The van der Waals surface area contributed by atoms with Crippen molar-refractivity contribution in [1.82, 2.24) is 9.97 Å². The van der Waals surface area contributed by atoms with Crippen molar-refractivity contribution in [1.29, 1.82) is 0 Å². The number of hydrogen-bond donors (Lipinski definition) is 4. The van der Waals surface area contributed by atoms with Gasteiger partial charge in [-0.25, -0.2) is 4.79 Å². The summed E-state index contributed by atoms with van der Waals surface area (Å²) in [4.78, 5) is 26.3. The van der Waals surface area contributed by atoms with Gasteiger partial charge in [0.25, 0.3) is 5.56 Å². The molecule has 98 valence electrons. The predicted octanol–water partition coefficient (Wildman–Crippen LogP) is 0.523. The molecule has 1 aromatic heterocycles. The van der Waals surface area contributed by atoms with Gasteiger partial charge in [-0.05, 0) is 18.6 Å². The van der Waals surface area contributed by atoms with Crippen LogP contribution in [0.5, 0.6) is 5.88 Å². The fourth-order valence-corrected chi connectivity index (χ4v) is 1.47. The lowest BCUT2D eigenvalue weighted by Gasteiger charge is -2.03. The van der Waals surface area contributed by atoms with Gasteiger partial charge in [-0.15, -0.1) is 0 Å². The maximum atomic E-state index is 11.4. The highest BCUT2D eigenvalue weighted by molar-refractivity contribution is 5.82. The SMILES string of the molecule is Cc1ccccc1N/N=C\c1c(O)[nH]c(=O)[nH]c1=O. The summed E-state index contributed by atoms with van der Waals surface area (Å²) in [6.07, 6.45) is 1.14. The van der Waals surface area contributed by atoms with E-state index >= 15 is 0 Å². The Kier molecular flexibility index (Phi) is 3.46. The first-order valence-electron chi connectivity index (χ1n) is 5.48. The highest BCUT2D eigenvalue weighted by atomic mass is 16.3. The first-order valence-corrected chi connectivity index (χ1v) is 5.48. The number of rotatable bonds is 3. The molecule has 2 rings (SSSR count). The van der Waals surface area contributed by atoms with Gasteiger partial charge >= 0.3 is 5.69 Å². The van der Waals surface area contributed by atoms with E-state index in [1.807, 2.05) is 36.2 Å². The summed E-state index contributed by atoms with van der Waals surface area (Å²) in [6, 6.07) is 7.46. The molecule has 7 heteroatoms. The van der Waals surface area contributed by atoms with Gasteiger partial charge in [0.05, 0.1) is 11.9 Å². The second-order valence-electron chi connectivity index (χ2n) is 3.86. The van der Waals surface area contributed by atoms with Gasteiger partial charge in [-0.1, -0.05) is 18.2 Å². The lowest BCUT2D eigenvalue weighted by molar-refractivity contribution is 0.447. The van der Waals surface area contributed by atoms with Gasteiger partial charge in [-0.2, -0.15) is 5.10 Å². The minimum atomic E-state index is -0.772. The quantitative estimate of drug-likeness (QED) is 0.476. The van der Waals surface area contributed by atoms with E-state index in [1.54, 1.807) is 0 Å². The fraction of sp³-hybridized carbons (Fsp3) is 0.0833. The number of nitrogens with one attached hydrogen (secondary N) is 3. The molecule has 0 amide bonds. The van der Waals surface area contributed by atoms with Crippen LogP contribution in [0.1, 0.15) is 11.1 Å². The normalized spacial score (nSPS) is 10.8. The third-order valence-corrected chi connectivity index (χ3v) is 2.48. The van der Waals surface area contributed by atoms with Gasteiger partial charge in [0.15, 0.2) is 0 Å². The smallest absolute Gasteiger partial charge is 0.328 e. The van der Waals surface area contributed by atoms with Gasteiger partial charge < -0.3 is 5.11 Å². The van der Waals surface area contributed by atoms with Crippen molar-refractivity contribution in [2.75, 3.05) is 5.43 Å². The Labute approximate surface area is 107 Å². The van der Waals surface area contributed by atoms with Crippen LogP contribution in [-0.2, 0) is 0 Å². The van der Waals surface area contributed by atoms with E-state index in [1.165, 1.54) is 0 Å². The predicted molar refractivity (Wildman–Crippen MR) is 71.7 cm³/mol. The molecule has 0 aliphatic heterocycles. The lowest BCUT2D eigenvalue weighted by Crippen LogP contribution is -2.25. The number of aromatic amines is 2. The molecule has 0 unspecified atom stereocenters. The number of para-hydroxylation sites is 1. The van der Waals surface area contributed by atoms with E-state index in [0.29, 0.717) is 0 Å². The van der Waals surface area contributed by atoms with Crippen LogP contribution in [0.25, 0.3) is 0 Å². The number of aryl methyl sites for hydroxylation is 1. The molecule has 7 nitrogen and oxygen atoms in total. The molecule has 1 aromatic carbocycles. The summed E-state index contributed by atoms with van der Waals surface area (Å²) in [5, 5.41) is 13.3. The van der Waals surface area contributed by atoms with Gasteiger partial charge in [0, 0.05) is 0 Å². The van der Waals surface area contributed by atoms with Crippen LogP contribution >= 0.6 is 0 Å². The van der Waals surface area contributed by atoms with E-state index in [0.717, 1.165) is 17.5 Å². The van der Waals surface area contributed by atoms with Crippen LogP contribution in [0.2, 0.25) is 0 Å². The first kappa shape index (κ1) is 12.6. The Hall–Kier alpha value is -2.83. The number of benzene rings is 1. The summed E-state index contributed by atoms with van der Waals surface area (Å²) < 4.78 is 0. The molecule has 0 saturated carbocycles. The van der Waals surface area contributed by atoms with Gasteiger partial charge in [0.2, 0.25) is 5.88 Å². The summed E-state index contributed by atoms with van der Waals surface area (Å²) in [5.41, 5.74) is 2.90. The maximum Gasteiger partial charge on any atom is 0.328 e. The molecule has 0 radical (unpaired) electrons. The number of anilines is 1. The molecular weight excluding hydrogens is 248 g/mol. The molecular formula is C12H12N4O3. The fourth-order valence-electron chi connectivity index (χ4n) is 1.47. The minimum absolute atomic E-state index is 0.124. The zero-order valence-corrected chi connectivity index (χ0v) is 10.1. The van der Waals surface area contributed by atoms with E-state index in [9.17, 15) is 14.7 Å². The number of nitrogens with zero attached hydrogens (tertiary/aromatic N) is 1. The number of hydrazone groups is 1. The number of hydrogen-bond acceptors (Lipinski definition) is 5. The van der Waals surface area contributed by atoms with E-state index in [-0.39, 0.29) is 5.56 Å². The third kappa shape index (κ3) is 2.89. The molecule has 2 aromatic rings. The van der Waals surface area contributed by atoms with Crippen molar-refractivity contribution >= 4 is 11.9 Å². The van der Waals surface area contributed by atoms with E-state index < -0.39 is 17.1 Å². The van der Waals surface area contributed by atoms with Crippen LogP contribution < -0.4 is 16.7 Å². The average molecular weight is 260 g/mol. The molecule has 0 bridgehead atoms. The van der Waals surface area contributed by atoms with Crippen LogP contribution in [0, 0.1) is 6.92 Å². The van der Waals surface area contributed by atoms with Crippen LogP contribution in [0.15, 0.2) is 39.0 Å². The van der Waals surface area contributed by atoms with Crippen LogP contribution in [0.4, 0.5) is 5.69 Å². The third-order valence-electron chi connectivity index (χ3n) is 2.48. The lowest BCUT2D eigenvalue weighted by atomic mass is 10.2. The summed E-state index contributed by atoms with van der Waals surface area (Å²) in [5.74, 6) is -0.524. The maximum absolute atomic E-state index is 11.4. The van der Waals surface area contributed by atoms with Crippen LogP contribution in [0.3, 0.4) is 0 Å². The van der Waals surface area contributed by atoms with Crippen LogP contribution in [-0.4, -0.2) is 21.3 Å². The molecule has 0 aliphatic rings. The molecule has 0 atom stereocenters. The minimum Gasteiger partial charge on any atom is -0.494 e. The molecule has 0 aliphatic carbocycles. The zero-order chi connectivity index (χ0) is 13.8. The van der Waals surface area contributed by atoms with E-state index in [4.69, 9.17) is 0 Å². The number of aromatic nitrogens is 2. The second kappa shape index (κ2) is 5.21. The topological polar surface area (TPSA) is 110 Å². The summed E-state index contributed by atoms with van der Waals surface area (Å²) in [7, 11) is 0. The largest absolute Gasteiger partial charge is 0.494 e. The van der Waals surface area contributed by atoms with Gasteiger partial charge in [-0.3, -0.25) is 20.2 Å². The standard InChI is InChI=1S/C12H12N4O3/c1-7-4-2-3-5-9(7)16-13-6-8-10(17)14-12(19)15-11(8)18/h2-6,16H,1H3,(H3,14,15,17,18,19)/b13-6-. The number of H-pyrrole nitrogens is 2. The van der Waals surface area contributed by atoms with Crippen molar-refractivity contribution in [3.63, 3.8) is 0 Å². The average Bonchev–Trinajstić information content (AvgIpc) is 2.34. The highest BCUT2D eigenvalue weighted by Gasteiger charge is 2.05. The van der Waals surface area contributed by atoms with Crippen molar-refractivity contribution in [3.8, 4) is 5.88 Å². The molecule has 0 saturated heterocycles. The molecule has 0 fully saturated rings. The first-order chi connectivity index (χ1) is 9.08. The zero-order valence-electron chi connectivity index (χ0n) is 10.1. The molecule has 1 heterocycles. The van der Waals surface area contributed by atoms with E-state index in [2.05, 4.69) is 15.5 Å². The summed E-state index contributed by atoms with van der Waals surface area (Å²) in [6.45, 7) is 1.90. The highest BCUT2D eigenvalue weighted by Crippen LogP contribution is 2.12. The van der Waals surface area contributed by atoms with Crippen molar-refractivity contribution < 1.29 is 5.11 Å². The molecule has 4 N–H and O–H groups in total. The Morgan fingerprint density at radius 3 is 2.68 bits per heavy atom. The Morgan fingerprint density at radius 2 is 2.00 bits per heavy atom. The van der Waals surface area contributed by atoms with Gasteiger partial charge in [0.1, 0.15) is 5.56 Å². The van der Waals surface area contributed by atoms with Crippen molar-refractivity contribution in [2.24, 2.45) is 5.10 Å². The Bertz CT molecular complexity index is 730. The summed E-state index contributed by atoms with van der Waals surface area (Å²) >= 11 is 0. The molecule has 0 spiro atoms. The number of aromatic hydroxyl groups is 1.